The van der Waals surface area contributed by atoms with E-state index in [-0.39, 0.29) is 28.2 Å². The molecule has 2 rings (SSSR count). The maximum Gasteiger partial charge on any atom is 0.283 e. The van der Waals surface area contributed by atoms with Crippen molar-refractivity contribution in [2.45, 2.75) is 25.8 Å². The molecule has 1 aliphatic rings. The Kier molecular flexibility index (Phi) is 5.14. The Hall–Kier alpha value is -1.66. The highest BCUT2D eigenvalue weighted by Crippen LogP contribution is 2.28. The molecule has 1 aliphatic heterocycles. The molecule has 6 nitrogen and oxygen atoms in total. The summed E-state index contributed by atoms with van der Waals surface area (Å²) < 4.78 is 0. The van der Waals surface area contributed by atoms with Gasteiger partial charge >= 0.3 is 0 Å². The average molecular weight is 312 g/mol. The van der Waals surface area contributed by atoms with Crippen molar-refractivity contribution in [2.24, 2.45) is 0 Å². The number of rotatable bonds is 4. The third-order valence-corrected chi connectivity index (χ3v) is 4.03. The van der Waals surface area contributed by atoms with E-state index >= 15 is 0 Å². The lowest BCUT2D eigenvalue weighted by Gasteiger charge is -2.34. The van der Waals surface area contributed by atoms with Gasteiger partial charge < -0.3 is 10.2 Å². The number of piperidine rings is 1. The maximum absolute atomic E-state index is 12.7. The minimum atomic E-state index is -0.563. The maximum atomic E-state index is 12.7. The van der Waals surface area contributed by atoms with Gasteiger partial charge in [0.15, 0.2) is 0 Å². The number of nitro benzene ring substituents is 1. The van der Waals surface area contributed by atoms with E-state index in [1.807, 2.05) is 6.92 Å². The molecule has 1 heterocycles. The fourth-order valence-electron chi connectivity index (χ4n) is 2.69. The summed E-state index contributed by atoms with van der Waals surface area (Å²) in [5, 5.41) is 14.5. The second-order valence-electron chi connectivity index (χ2n) is 4.98. The average Bonchev–Trinajstić information content (AvgIpc) is 2.48. The molecule has 0 radical (unpaired) electrons. The number of benzene rings is 1. The van der Waals surface area contributed by atoms with E-state index in [1.165, 1.54) is 18.2 Å². The van der Waals surface area contributed by atoms with Crippen LogP contribution >= 0.6 is 11.6 Å². The van der Waals surface area contributed by atoms with Gasteiger partial charge in [0.1, 0.15) is 5.56 Å². The van der Waals surface area contributed by atoms with E-state index in [9.17, 15) is 14.9 Å². The third kappa shape index (κ3) is 3.33. The van der Waals surface area contributed by atoms with Crippen LogP contribution in [0.4, 0.5) is 5.69 Å². The van der Waals surface area contributed by atoms with E-state index in [0.29, 0.717) is 13.1 Å². The molecule has 114 valence electrons. The monoisotopic (exact) mass is 311 g/mol. The third-order valence-electron chi connectivity index (χ3n) is 3.72. The highest BCUT2D eigenvalue weighted by Gasteiger charge is 2.31. The fourth-order valence-corrected chi connectivity index (χ4v) is 2.94. The van der Waals surface area contributed by atoms with Gasteiger partial charge in [0, 0.05) is 25.2 Å². The molecular weight excluding hydrogens is 294 g/mol. The normalized spacial score (nSPS) is 18.3. The molecule has 1 N–H and O–H groups in total. The first kappa shape index (κ1) is 15.7. The van der Waals surface area contributed by atoms with Crippen molar-refractivity contribution in [1.82, 2.24) is 10.2 Å². The zero-order valence-corrected chi connectivity index (χ0v) is 12.6. The number of amides is 1. The summed E-state index contributed by atoms with van der Waals surface area (Å²) in [4.78, 5) is 25.0. The number of nitrogens with one attached hydrogen (secondary N) is 1. The molecule has 0 saturated carbocycles. The summed E-state index contributed by atoms with van der Waals surface area (Å²) >= 11 is 6.04. The molecule has 1 aromatic carbocycles. The topological polar surface area (TPSA) is 75.5 Å². The highest BCUT2D eigenvalue weighted by molar-refractivity contribution is 6.34. The molecule has 21 heavy (non-hydrogen) atoms. The lowest BCUT2D eigenvalue weighted by Crippen LogP contribution is -2.48. The lowest BCUT2D eigenvalue weighted by molar-refractivity contribution is -0.385. The van der Waals surface area contributed by atoms with E-state index in [4.69, 9.17) is 11.6 Å². The van der Waals surface area contributed by atoms with Crippen LogP contribution in [-0.2, 0) is 0 Å². The number of likely N-dealkylation sites (N-methyl/N-ethyl adjacent to an activating group) is 1. The first-order valence-corrected chi connectivity index (χ1v) is 7.38. The molecule has 0 bridgehead atoms. The Morgan fingerprint density at radius 2 is 2.33 bits per heavy atom. The summed E-state index contributed by atoms with van der Waals surface area (Å²) in [6, 6.07) is 4.35. The summed E-state index contributed by atoms with van der Waals surface area (Å²) in [5.74, 6) is -0.372. The molecule has 1 fully saturated rings. The Morgan fingerprint density at radius 3 is 2.90 bits per heavy atom. The van der Waals surface area contributed by atoms with Gasteiger partial charge in [0.2, 0.25) is 0 Å². The second kappa shape index (κ2) is 6.87. The smallest absolute Gasteiger partial charge is 0.283 e. The molecule has 1 atom stereocenters. The largest absolute Gasteiger partial charge is 0.334 e. The summed E-state index contributed by atoms with van der Waals surface area (Å²) in [6.07, 6.45) is 1.88. The van der Waals surface area contributed by atoms with E-state index in [0.717, 1.165) is 19.4 Å². The van der Waals surface area contributed by atoms with Crippen LogP contribution in [0.15, 0.2) is 18.2 Å². The van der Waals surface area contributed by atoms with Crippen molar-refractivity contribution in [3.05, 3.63) is 38.9 Å². The van der Waals surface area contributed by atoms with Crippen molar-refractivity contribution in [3.63, 3.8) is 0 Å². The van der Waals surface area contributed by atoms with Crippen LogP contribution in [0, 0.1) is 10.1 Å². The van der Waals surface area contributed by atoms with Crippen LogP contribution < -0.4 is 5.32 Å². The number of hydrogen-bond donors (Lipinski definition) is 1. The van der Waals surface area contributed by atoms with Crippen LogP contribution in [-0.4, -0.2) is 41.4 Å². The van der Waals surface area contributed by atoms with Gasteiger partial charge in [-0.05, 0) is 32.4 Å². The first-order chi connectivity index (χ1) is 10.1. The van der Waals surface area contributed by atoms with Gasteiger partial charge in [-0.25, -0.2) is 0 Å². The van der Waals surface area contributed by atoms with Crippen molar-refractivity contribution in [3.8, 4) is 0 Å². The van der Waals surface area contributed by atoms with Gasteiger partial charge in [0.25, 0.3) is 11.6 Å². The van der Waals surface area contributed by atoms with Gasteiger partial charge in [-0.3, -0.25) is 14.9 Å². The summed E-state index contributed by atoms with van der Waals surface area (Å²) in [7, 11) is 0. The van der Waals surface area contributed by atoms with Crippen LogP contribution in [0.2, 0.25) is 5.02 Å². The molecule has 1 amide bonds. The second-order valence-corrected chi connectivity index (χ2v) is 5.39. The van der Waals surface area contributed by atoms with Crippen molar-refractivity contribution in [1.29, 1.82) is 0 Å². The molecule has 7 heteroatoms. The van der Waals surface area contributed by atoms with Crippen molar-refractivity contribution >= 4 is 23.2 Å². The van der Waals surface area contributed by atoms with Crippen molar-refractivity contribution in [2.75, 3.05) is 19.6 Å². The summed E-state index contributed by atoms with van der Waals surface area (Å²) in [5.41, 5.74) is -0.258. The first-order valence-electron chi connectivity index (χ1n) is 7.00. The van der Waals surface area contributed by atoms with Crippen LogP contribution in [0.1, 0.15) is 30.1 Å². The fraction of sp³-hybridized carbons (Fsp3) is 0.500. The van der Waals surface area contributed by atoms with Gasteiger partial charge in [0.05, 0.1) is 9.95 Å². The number of nitro groups is 1. The lowest BCUT2D eigenvalue weighted by atomic mass is 10.0. The minimum absolute atomic E-state index is 0.0170. The molecule has 0 aromatic heterocycles. The number of halogens is 1. The van der Waals surface area contributed by atoms with Crippen LogP contribution in [0.25, 0.3) is 0 Å². The molecule has 0 aliphatic carbocycles. The van der Waals surface area contributed by atoms with E-state index in [2.05, 4.69) is 5.32 Å². The van der Waals surface area contributed by atoms with Crippen molar-refractivity contribution < 1.29 is 9.72 Å². The molecule has 1 aromatic rings. The standard InChI is InChI=1S/C14H18ClN3O3/c1-2-17(10-5-4-8-16-9-10)14(19)13-11(15)6-3-7-12(13)18(20)21/h3,6-7,10,16H,2,4-5,8-9H2,1H3. The number of nitrogens with zero attached hydrogens (tertiary/aromatic N) is 2. The highest BCUT2D eigenvalue weighted by atomic mass is 35.5. The predicted octanol–water partition coefficient (Wildman–Crippen LogP) is 2.46. The molecular formula is C14H18ClN3O3. The zero-order chi connectivity index (χ0) is 15.4. The molecule has 1 saturated heterocycles. The number of carbonyl (C=O) groups excluding carboxylic acids is 1. The Morgan fingerprint density at radius 1 is 1.57 bits per heavy atom. The predicted molar refractivity (Wildman–Crippen MR) is 80.7 cm³/mol. The van der Waals surface area contributed by atoms with E-state index in [1.54, 1.807) is 4.90 Å². The van der Waals surface area contributed by atoms with Gasteiger partial charge in [-0.2, -0.15) is 0 Å². The zero-order valence-electron chi connectivity index (χ0n) is 11.8. The Labute approximate surface area is 128 Å². The minimum Gasteiger partial charge on any atom is -0.334 e. The SMILES string of the molecule is CCN(C(=O)c1c(Cl)cccc1[N+](=O)[O-])C1CCCNC1. The number of hydrogen-bond acceptors (Lipinski definition) is 4. The Balaban J connectivity index is 2.35. The molecule has 0 spiro atoms. The number of carbonyl (C=O) groups is 1. The van der Waals surface area contributed by atoms with Crippen LogP contribution in [0.3, 0.4) is 0 Å². The van der Waals surface area contributed by atoms with E-state index < -0.39 is 4.92 Å². The van der Waals surface area contributed by atoms with Gasteiger partial charge in [-0.1, -0.05) is 17.7 Å². The Bertz CT molecular complexity index is 544. The molecule has 1 unspecified atom stereocenters. The quantitative estimate of drug-likeness (QED) is 0.684. The summed E-state index contributed by atoms with van der Waals surface area (Å²) in [6.45, 7) is 4.01. The van der Waals surface area contributed by atoms with Crippen LogP contribution in [0.5, 0.6) is 0 Å². The van der Waals surface area contributed by atoms with Gasteiger partial charge in [-0.15, -0.1) is 0 Å².